The quantitative estimate of drug-likeness (QED) is 0.192. The zero-order chi connectivity index (χ0) is 19.0. The van der Waals surface area contributed by atoms with E-state index in [9.17, 15) is 0 Å². The molecule has 0 atom stereocenters. The number of nitrogens with zero attached hydrogens (tertiary/aromatic N) is 3. The minimum absolute atomic E-state index is 0.373. The lowest BCUT2D eigenvalue weighted by atomic mass is 9.84. The van der Waals surface area contributed by atoms with E-state index in [2.05, 4.69) is 88.2 Å². The summed E-state index contributed by atoms with van der Waals surface area (Å²) in [5, 5.41) is 5.80. The second-order valence-corrected chi connectivity index (χ2v) is 7.33. The summed E-state index contributed by atoms with van der Waals surface area (Å²) in [6.45, 7) is 2.37. The van der Waals surface area contributed by atoms with Gasteiger partial charge in [-0.1, -0.05) is 102 Å². The normalized spacial score (nSPS) is 11.7. The Balaban J connectivity index is 2.21. The van der Waals surface area contributed by atoms with Gasteiger partial charge in [-0.3, -0.25) is 0 Å². The van der Waals surface area contributed by atoms with Crippen LogP contribution in [0, 0.1) is 0 Å². The Bertz CT molecular complexity index is 834. The second kappa shape index (κ2) is 9.13. The average molecular weight is 372 g/mol. The van der Waals surface area contributed by atoms with Gasteiger partial charge in [0.1, 0.15) is 0 Å². The van der Waals surface area contributed by atoms with Crippen LogP contribution in [0.3, 0.4) is 0 Å². The molecule has 0 saturated heterocycles. The largest absolute Gasteiger partial charge is 0.113 e. The number of thioether (sulfide) groups is 1. The van der Waals surface area contributed by atoms with Crippen LogP contribution in [0.1, 0.15) is 23.6 Å². The van der Waals surface area contributed by atoms with Crippen LogP contribution in [-0.2, 0) is 4.75 Å². The topological polar surface area (TPSA) is 48.8 Å². The van der Waals surface area contributed by atoms with Crippen LogP contribution in [0.5, 0.6) is 0 Å². The maximum Gasteiger partial charge on any atom is 0.0948 e. The van der Waals surface area contributed by atoms with Crippen molar-refractivity contribution in [2.24, 2.45) is 5.11 Å². The van der Waals surface area contributed by atoms with Gasteiger partial charge >= 0.3 is 0 Å². The van der Waals surface area contributed by atoms with Crippen molar-refractivity contribution in [3.63, 3.8) is 0 Å². The van der Waals surface area contributed by atoms with Crippen molar-refractivity contribution < 1.29 is 0 Å². The molecule has 0 spiro atoms. The zero-order valence-corrected chi connectivity index (χ0v) is 16.0. The molecule has 134 valence electrons. The number of azide groups is 1. The minimum Gasteiger partial charge on any atom is -0.113 e. The highest BCUT2D eigenvalue weighted by molar-refractivity contribution is 8.03. The van der Waals surface area contributed by atoms with Crippen molar-refractivity contribution in [3.8, 4) is 0 Å². The SMILES string of the molecule is C/C(=C\SC(c1ccccc1)(c1ccccc1)c1ccccc1)CN=[N+]=[N-]. The molecule has 0 aromatic heterocycles. The molecular weight excluding hydrogens is 350 g/mol. The summed E-state index contributed by atoms with van der Waals surface area (Å²) in [7, 11) is 0. The molecule has 0 heterocycles. The van der Waals surface area contributed by atoms with E-state index in [0.717, 1.165) is 5.57 Å². The van der Waals surface area contributed by atoms with E-state index in [1.807, 2.05) is 25.1 Å². The Morgan fingerprint density at radius 3 is 1.63 bits per heavy atom. The zero-order valence-electron chi connectivity index (χ0n) is 15.2. The Hall–Kier alpha value is -2.94. The molecule has 3 aromatic carbocycles. The molecule has 0 aliphatic heterocycles. The van der Waals surface area contributed by atoms with Crippen LogP contribution in [0.2, 0.25) is 0 Å². The molecule has 0 bridgehead atoms. The molecule has 0 saturated carbocycles. The molecule has 0 radical (unpaired) electrons. The van der Waals surface area contributed by atoms with Gasteiger partial charge in [-0.2, -0.15) is 0 Å². The van der Waals surface area contributed by atoms with E-state index < -0.39 is 0 Å². The summed E-state index contributed by atoms with van der Waals surface area (Å²) in [6, 6.07) is 31.6. The van der Waals surface area contributed by atoms with Crippen LogP contribution < -0.4 is 0 Å². The van der Waals surface area contributed by atoms with Gasteiger partial charge in [0.05, 0.1) is 4.75 Å². The van der Waals surface area contributed by atoms with Crippen LogP contribution >= 0.6 is 11.8 Å². The van der Waals surface area contributed by atoms with E-state index in [1.54, 1.807) is 11.8 Å². The average Bonchev–Trinajstić information content (AvgIpc) is 2.75. The molecule has 3 aromatic rings. The van der Waals surface area contributed by atoms with E-state index >= 15 is 0 Å². The molecule has 0 fully saturated rings. The first-order valence-corrected chi connectivity index (χ1v) is 9.66. The molecule has 0 unspecified atom stereocenters. The first kappa shape index (κ1) is 18.8. The van der Waals surface area contributed by atoms with E-state index in [0.29, 0.717) is 6.54 Å². The van der Waals surface area contributed by atoms with Gasteiger partial charge in [-0.25, -0.2) is 0 Å². The smallest absolute Gasteiger partial charge is 0.0948 e. The summed E-state index contributed by atoms with van der Waals surface area (Å²) in [4.78, 5) is 2.87. The Kier molecular flexibility index (Phi) is 6.37. The fourth-order valence-corrected chi connectivity index (χ4v) is 4.36. The molecule has 3 rings (SSSR count). The van der Waals surface area contributed by atoms with Crippen molar-refractivity contribution in [1.82, 2.24) is 0 Å². The molecule has 27 heavy (non-hydrogen) atoms. The highest BCUT2D eigenvalue weighted by atomic mass is 32.2. The number of benzene rings is 3. The van der Waals surface area contributed by atoms with Gasteiger partial charge in [0.15, 0.2) is 0 Å². The van der Waals surface area contributed by atoms with Gasteiger partial charge in [0.25, 0.3) is 0 Å². The van der Waals surface area contributed by atoms with Crippen molar-refractivity contribution in [2.75, 3.05) is 6.54 Å². The van der Waals surface area contributed by atoms with Gasteiger partial charge in [0, 0.05) is 11.5 Å². The summed E-state index contributed by atoms with van der Waals surface area (Å²) in [5.41, 5.74) is 13.3. The molecule has 0 N–H and O–H groups in total. The van der Waals surface area contributed by atoms with Gasteiger partial charge in [-0.05, 0) is 34.6 Å². The third-order valence-electron chi connectivity index (χ3n) is 4.36. The number of hydrogen-bond acceptors (Lipinski definition) is 2. The Morgan fingerprint density at radius 2 is 1.26 bits per heavy atom. The second-order valence-electron chi connectivity index (χ2n) is 6.25. The lowest BCUT2D eigenvalue weighted by Gasteiger charge is -2.34. The van der Waals surface area contributed by atoms with E-state index in [-0.39, 0.29) is 4.75 Å². The van der Waals surface area contributed by atoms with Crippen molar-refractivity contribution in [3.05, 3.63) is 129 Å². The van der Waals surface area contributed by atoms with Crippen molar-refractivity contribution in [1.29, 1.82) is 0 Å². The highest BCUT2D eigenvalue weighted by Gasteiger charge is 2.36. The first-order valence-electron chi connectivity index (χ1n) is 8.78. The maximum absolute atomic E-state index is 8.60. The standard InChI is InChI=1S/C23H21N3S/c1-19(17-25-26-24)18-27-23(20-11-5-2-6-12-20,21-13-7-3-8-14-21)22-15-9-4-10-16-22/h2-16,18H,17H2,1H3/b19-18+. The van der Waals surface area contributed by atoms with Gasteiger partial charge in [0.2, 0.25) is 0 Å². The highest BCUT2D eigenvalue weighted by Crippen LogP contribution is 2.49. The monoisotopic (exact) mass is 371 g/mol. The lowest BCUT2D eigenvalue weighted by Crippen LogP contribution is -2.25. The van der Waals surface area contributed by atoms with Gasteiger partial charge in [-0.15, -0.1) is 11.8 Å². The molecule has 0 aliphatic rings. The maximum atomic E-state index is 8.60. The molecule has 0 amide bonds. The fraction of sp³-hybridized carbons (Fsp3) is 0.130. The molecule has 4 heteroatoms. The summed E-state index contributed by atoms with van der Waals surface area (Å²) in [5.74, 6) is 0. The van der Waals surface area contributed by atoms with Crippen LogP contribution in [0.4, 0.5) is 0 Å². The fourth-order valence-electron chi connectivity index (χ4n) is 3.09. The number of hydrogen-bond donors (Lipinski definition) is 0. The summed E-state index contributed by atoms with van der Waals surface area (Å²) >= 11 is 1.74. The van der Waals surface area contributed by atoms with Crippen molar-refractivity contribution >= 4 is 11.8 Å². The lowest BCUT2D eigenvalue weighted by molar-refractivity contribution is 0.899. The predicted octanol–water partition coefficient (Wildman–Crippen LogP) is 6.93. The third-order valence-corrected chi connectivity index (χ3v) is 5.94. The summed E-state index contributed by atoms with van der Waals surface area (Å²) < 4.78 is -0.388. The molecule has 0 aliphatic carbocycles. The van der Waals surface area contributed by atoms with Crippen LogP contribution in [-0.4, -0.2) is 6.54 Å². The molecular formula is C23H21N3S. The first-order chi connectivity index (χ1) is 13.3. The summed E-state index contributed by atoms with van der Waals surface area (Å²) in [6.07, 6.45) is 0. The van der Waals surface area contributed by atoms with Crippen molar-refractivity contribution in [2.45, 2.75) is 11.7 Å². The van der Waals surface area contributed by atoms with E-state index in [4.69, 9.17) is 5.53 Å². The van der Waals surface area contributed by atoms with E-state index in [1.165, 1.54) is 16.7 Å². The number of rotatable bonds is 7. The third kappa shape index (κ3) is 4.25. The van der Waals surface area contributed by atoms with Gasteiger partial charge < -0.3 is 0 Å². The Morgan fingerprint density at radius 1 is 0.852 bits per heavy atom. The predicted molar refractivity (Wildman–Crippen MR) is 115 cm³/mol. The molecule has 3 nitrogen and oxygen atoms in total. The van der Waals surface area contributed by atoms with Crippen LogP contribution in [0.15, 0.2) is 107 Å². The van der Waals surface area contributed by atoms with Crippen LogP contribution in [0.25, 0.3) is 10.4 Å². The minimum atomic E-state index is -0.388. The Labute approximate surface area is 164 Å².